The molecule has 0 aromatic carbocycles. The van der Waals surface area contributed by atoms with E-state index in [4.69, 9.17) is 9.84 Å². The topological polar surface area (TPSA) is 58.6 Å². The van der Waals surface area contributed by atoms with Gasteiger partial charge in [0, 0.05) is 18.6 Å². The molecule has 0 spiro atoms. The lowest BCUT2D eigenvalue weighted by atomic mass is 10.1. The number of aliphatic hydroxyl groups excluding tert-OH is 1. The molecule has 0 aliphatic heterocycles. The monoisotopic (exact) mass is 239 g/mol. The number of carbonyl (C=O) groups excluding carboxylic acids is 1. The summed E-state index contributed by atoms with van der Waals surface area (Å²) in [5, 5.41) is 11.9. The van der Waals surface area contributed by atoms with Crippen LogP contribution in [-0.2, 0) is 9.53 Å². The summed E-state index contributed by atoms with van der Waals surface area (Å²) in [5.41, 5.74) is 0. The molecule has 2 aliphatic carbocycles. The average Bonchev–Trinajstić information content (AvgIpc) is 3.05. The van der Waals surface area contributed by atoms with E-state index in [-0.39, 0.29) is 30.6 Å². The molecule has 1 amide bonds. The van der Waals surface area contributed by atoms with E-state index in [2.05, 4.69) is 5.32 Å². The van der Waals surface area contributed by atoms with E-state index in [1.807, 2.05) is 12.2 Å². The Hall–Kier alpha value is -0.870. The highest BCUT2D eigenvalue weighted by molar-refractivity contribution is 5.80. The number of hydrogen-bond donors (Lipinski definition) is 2. The first-order chi connectivity index (χ1) is 8.19. The Morgan fingerprint density at radius 1 is 1.53 bits per heavy atom. The Bertz CT molecular complexity index is 299. The summed E-state index contributed by atoms with van der Waals surface area (Å²) < 4.78 is 5.51. The van der Waals surface area contributed by atoms with Gasteiger partial charge in [0.25, 0.3) is 0 Å². The Morgan fingerprint density at radius 2 is 2.29 bits per heavy atom. The van der Waals surface area contributed by atoms with Gasteiger partial charge in [0.2, 0.25) is 5.91 Å². The molecule has 0 aromatic heterocycles. The van der Waals surface area contributed by atoms with Crippen molar-refractivity contribution < 1.29 is 14.6 Å². The summed E-state index contributed by atoms with van der Waals surface area (Å²) in [7, 11) is 0. The quantitative estimate of drug-likeness (QED) is 0.676. The van der Waals surface area contributed by atoms with Crippen LogP contribution in [0.5, 0.6) is 0 Å². The SMILES string of the molecule is CC(OCC1CC1)C(=O)N[C@@H]1C=C[C@H](CO)C1. The van der Waals surface area contributed by atoms with Crippen LogP contribution in [0.4, 0.5) is 0 Å². The Labute approximate surface area is 102 Å². The third-order valence-electron chi connectivity index (χ3n) is 3.38. The fraction of sp³-hybridized carbons (Fsp3) is 0.769. The van der Waals surface area contributed by atoms with Crippen molar-refractivity contribution in [2.75, 3.05) is 13.2 Å². The van der Waals surface area contributed by atoms with Gasteiger partial charge in [-0.2, -0.15) is 0 Å². The molecule has 2 rings (SSSR count). The molecule has 0 aromatic rings. The van der Waals surface area contributed by atoms with Crippen LogP contribution in [0.3, 0.4) is 0 Å². The van der Waals surface area contributed by atoms with Gasteiger partial charge in [-0.15, -0.1) is 0 Å². The largest absolute Gasteiger partial charge is 0.396 e. The van der Waals surface area contributed by atoms with Crippen LogP contribution >= 0.6 is 0 Å². The molecule has 17 heavy (non-hydrogen) atoms. The fourth-order valence-corrected chi connectivity index (χ4v) is 1.96. The number of aliphatic hydroxyl groups is 1. The van der Waals surface area contributed by atoms with Gasteiger partial charge in [0.05, 0.1) is 6.61 Å². The summed E-state index contributed by atoms with van der Waals surface area (Å²) in [4.78, 5) is 11.8. The Balaban J connectivity index is 1.67. The lowest BCUT2D eigenvalue weighted by Crippen LogP contribution is -2.40. The second-order valence-corrected chi connectivity index (χ2v) is 5.10. The minimum atomic E-state index is -0.378. The van der Waals surface area contributed by atoms with Gasteiger partial charge in [-0.1, -0.05) is 12.2 Å². The first-order valence-corrected chi connectivity index (χ1v) is 6.40. The van der Waals surface area contributed by atoms with Crippen LogP contribution in [0, 0.1) is 11.8 Å². The van der Waals surface area contributed by atoms with Crippen LogP contribution in [-0.4, -0.2) is 36.4 Å². The van der Waals surface area contributed by atoms with Crippen molar-refractivity contribution in [1.29, 1.82) is 0 Å². The summed E-state index contributed by atoms with van der Waals surface area (Å²) in [5.74, 6) is 0.803. The smallest absolute Gasteiger partial charge is 0.249 e. The van der Waals surface area contributed by atoms with Crippen molar-refractivity contribution in [1.82, 2.24) is 5.32 Å². The van der Waals surface area contributed by atoms with Gasteiger partial charge in [0.1, 0.15) is 6.10 Å². The zero-order chi connectivity index (χ0) is 12.3. The van der Waals surface area contributed by atoms with Crippen LogP contribution in [0.25, 0.3) is 0 Å². The Morgan fingerprint density at radius 3 is 2.88 bits per heavy atom. The van der Waals surface area contributed by atoms with Gasteiger partial charge in [-0.25, -0.2) is 0 Å². The third-order valence-corrected chi connectivity index (χ3v) is 3.38. The molecule has 1 unspecified atom stereocenters. The van der Waals surface area contributed by atoms with Gasteiger partial charge >= 0.3 is 0 Å². The highest BCUT2D eigenvalue weighted by Crippen LogP contribution is 2.29. The zero-order valence-electron chi connectivity index (χ0n) is 10.3. The van der Waals surface area contributed by atoms with E-state index in [0.717, 1.165) is 6.42 Å². The maximum absolute atomic E-state index is 11.8. The molecule has 96 valence electrons. The van der Waals surface area contributed by atoms with Crippen LogP contribution < -0.4 is 5.32 Å². The number of nitrogens with one attached hydrogen (secondary N) is 1. The van der Waals surface area contributed by atoms with Crippen molar-refractivity contribution in [3.8, 4) is 0 Å². The molecule has 3 atom stereocenters. The zero-order valence-corrected chi connectivity index (χ0v) is 10.3. The molecular formula is C13H21NO3. The van der Waals surface area contributed by atoms with Crippen molar-refractivity contribution in [2.24, 2.45) is 11.8 Å². The number of rotatable bonds is 6. The van der Waals surface area contributed by atoms with Crippen LogP contribution in [0.15, 0.2) is 12.2 Å². The highest BCUT2D eigenvalue weighted by atomic mass is 16.5. The maximum atomic E-state index is 11.8. The molecule has 0 bridgehead atoms. The van der Waals surface area contributed by atoms with Gasteiger partial charge in [-0.05, 0) is 32.1 Å². The lowest BCUT2D eigenvalue weighted by Gasteiger charge is -2.17. The predicted octanol–water partition coefficient (Wildman–Crippen LogP) is 0.855. The number of amides is 1. The first-order valence-electron chi connectivity index (χ1n) is 6.40. The lowest BCUT2D eigenvalue weighted by molar-refractivity contribution is -0.132. The van der Waals surface area contributed by atoms with Crippen LogP contribution in [0.1, 0.15) is 26.2 Å². The number of hydrogen-bond acceptors (Lipinski definition) is 3. The molecule has 4 nitrogen and oxygen atoms in total. The van der Waals surface area contributed by atoms with Crippen molar-refractivity contribution in [2.45, 2.75) is 38.3 Å². The number of carbonyl (C=O) groups is 1. The maximum Gasteiger partial charge on any atom is 0.249 e. The first kappa shape index (κ1) is 12.6. The van der Waals surface area contributed by atoms with Gasteiger partial charge < -0.3 is 15.2 Å². The average molecular weight is 239 g/mol. The summed E-state index contributed by atoms with van der Waals surface area (Å²) in [6.45, 7) is 2.64. The van der Waals surface area contributed by atoms with E-state index in [1.54, 1.807) is 6.92 Å². The number of ether oxygens (including phenoxy) is 1. The van der Waals surface area contributed by atoms with E-state index >= 15 is 0 Å². The molecule has 0 radical (unpaired) electrons. The van der Waals surface area contributed by atoms with Gasteiger partial charge in [-0.3, -0.25) is 4.79 Å². The van der Waals surface area contributed by atoms with Gasteiger partial charge in [0.15, 0.2) is 0 Å². The van der Waals surface area contributed by atoms with Crippen molar-refractivity contribution in [3.05, 3.63) is 12.2 Å². The second-order valence-electron chi connectivity index (χ2n) is 5.10. The molecule has 0 heterocycles. The molecule has 2 N–H and O–H groups in total. The summed E-state index contributed by atoms with van der Waals surface area (Å²) >= 11 is 0. The normalized spacial score (nSPS) is 29.3. The molecule has 1 fully saturated rings. The minimum Gasteiger partial charge on any atom is -0.396 e. The highest BCUT2D eigenvalue weighted by Gasteiger charge is 2.25. The minimum absolute atomic E-state index is 0.0478. The van der Waals surface area contributed by atoms with Crippen molar-refractivity contribution >= 4 is 5.91 Å². The summed E-state index contributed by atoms with van der Waals surface area (Å²) in [6.07, 6.45) is 6.79. The van der Waals surface area contributed by atoms with Crippen molar-refractivity contribution in [3.63, 3.8) is 0 Å². The van der Waals surface area contributed by atoms with E-state index in [9.17, 15) is 4.79 Å². The standard InChI is InChI=1S/C13H21NO3/c1-9(17-8-10-2-3-10)13(16)14-12-5-4-11(6-12)7-15/h4-5,9-12,15H,2-3,6-8H2,1H3,(H,14,16)/t9?,11-,12+/m0/s1. The van der Waals surface area contributed by atoms with E-state index in [0.29, 0.717) is 12.5 Å². The molecular weight excluding hydrogens is 218 g/mol. The molecule has 0 saturated heterocycles. The molecule has 4 heteroatoms. The summed E-state index contributed by atoms with van der Waals surface area (Å²) in [6, 6.07) is 0.0478. The fourth-order valence-electron chi connectivity index (χ4n) is 1.96. The van der Waals surface area contributed by atoms with E-state index in [1.165, 1.54) is 12.8 Å². The second kappa shape index (κ2) is 5.65. The molecule has 2 aliphatic rings. The predicted molar refractivity (Wildman–Crippen MR) is 64.4 cm³/mol. The Kier molecular flexibility index (Phi) is 4.18. The molecule has 1 saturated carbocycles. The van der Waals surface area contributed by atoms with E-state index < -0.39 is 0 Å². The van der Waals surface area contributed by atoms with Crippen LogP contribution in [0.2, 0.25) is 0 Å². The third kappa shape index (κ3) is 3.82.